The van der Waals surface area contributed by atoms with Gasteiger partial charge in [-0.05, 0) is 47.4 Å². The summed E-state index contributed by atoms with van der Waals surface area (Å²) in [6.07, 6.45) is 2.09. The quantitative estimate of drug-likeness (QED) is 0.648. The molecule has 166 valence electrons. The van der Waals surface area contributed by atoms with Gasteiger partial charge in [-0.3, -0.25) is 14.1 Å². The molecule has 0 fully saturated rings. The van der Waals surface area contributed by atoms with Crippen LogP contribution in [0.1, 0.15) is 26.3 Å². The van der Waals surface area contributed by atoms with Crippen LogP contribution in [0.15, 0.2) is 78.0 Å². The van der Waals surface area contributed by atoms with Gasteiger partial charge in [0.05, 0.1) is 29.0 Å². The van der Waals surface area contributed by atoms with Gasteiger partial charge in [-0.2, -0.15) is 0 Å². The Morgan fingerprint density at radius 1 is 1.09 bits per heavy atom. The normalized spacial score (nSPS) is 16.1. The van der Waals surface area contributed by atoms with Crippen LogP contribution >= 0.6 is 0 Å². The van der Waals surface area contributed by atoms with Crippen molar-refractivity contribution >= 4 is 27.3 Å². The predicted octanol–water partition coefficient (Wildman–Crippen LogP) is 3.97. The molecule has 1 amide bonds. The summed E-state index contributed by atoms with van der Waals surface area (Å²) in [6, 6.07) is 17.0. The highest BCUT2D eigenvalue weighted by Crippen LogP contribution is 2.40. The number of benzene rings is 2. The fraction of sp³-hybridized carbons (Fsp3) is 0.250. The minimum Gasteiger partial charge on any atom is -0.476 e. The standard InChI is InChI=1S/C24H25N3O4S/c1-24(2,3)17-11-12-21-20(14-17)27(32(29,30)19-9-5-4-6-10-19)16-22(31-21)23(28)26-18-8-7-13-25-15-18/h4-15,22H,16H2,1-3H3,(H,26,28)/t22-/m0/s1. The molecule has 0 aliphatic carbocycles. The molecule has 1 N–H and O–H groups in total. The third-order valence-corrected chi connectivity index (χ3v) is 7.04. The molecule has 0 saturated carbocycles. The molecule has 1 atom stereocenters. The molecule has 2 heterocycles. The van der Waals surface area contributed by atoms with Crippen LogP contribution < -0.4 is 14.4 Å². The van der Waals surface area contributed by atoms with Crippen LogP contribution in [0.25, 0.3) is 0 Å². The van der Waals surface area contributed by atoms with Gasteiger partial charge in [-0.25, -0.2) is 8.42 Å². The lowest BCUT2D eigenvalue weighted by molar-refractivity contribution is -0.122. The van der Waals surface area contributed by atoms with E-state index in [4.69, 9.17) is 4.74 Å². The molecular weight excluding hydrogens is 426 g/mol. The molecule has 1 aliphatic rings. The van der Waals surface area contributed by atoms with Gasteiger partial charge in [0, 0.05) is 6.20 Å². The summed E-state index contributed by atoms with van der Waals surface area (Å²) in [5.74, 6) is -0.105. The molecule has 0 unspecified atom stereocenters. The van der Waals surface area contributed by atoms with Crippen LogP contribution in [0.3, 0.4) is 0 Å². The molecule has 7 nitrogen and oxygen atoms in total. The molecule has 3 aromatic rings. The SMILES string of the molecule is CC(C)(C)c1ccc2c(c1)N(S(=O)(=O)c1ccccc1)C[C@@H](C(=O)Nc1cccnc1)O2. The summed E-state index contributed by atoms with van der Waals surface area (Å²) >= 11 is 0. The number of nitrogens with one attached hydrogen (secondary N) is 1. The van der Waals surface area contributed by atoms with E-state index in [2.05, 4.69) is 31.1 Å². The topological polar surface area (TPSA) is 88.6 Å². The number of fused-ring (bicyclic) bond motifs is 1. The zero-order valence-electron chi connectivity index (χ0n) is 18.1. The first-order chi connectivity index (χ1) is 15.2. The van der Waals surface area contributed by atoms with Crippen LogP contribution in [0.2, 0.25) is 0 Å². The van der Waals surface area contributed by atoms with Gasteiger partial charge >= 0.3 is 0 Å². The van der Waals surface area contributed by atoms with Gasteiger partial charge in [-0.1, -0.05) is 45.0 Å². The van der Waals surface area contributed by atoms with E-state index in [1.807, 2.05) is 12.1 Å². The van der Waals surface area contributed by atoms with Crippen LogP contribution in [-0.2, 0) is 20.2 Å². The lowest BCUT2D eigenvalue weighted by Crippen LogP contribution is -2.49. The number of amides is 1. The number of pyridine rings is 1. The van der Waals surface area contributed by atoms with Gasteiger partial charge in [-0.15, -0.1) is 0 Å². The second-order valence-corrected chi connectivity index (χ2v) is 10.5. The minimum atomic E-state index is -3.92. The number of hydrogen-bond donors (Lipinski definition) is 1. The van der Waals surface area contributed by atoms with E-state index in [1.54, 1.807) is 54.7 Å². The Hall–Kier alpha value is -3.39. The second-order valence-electron chi connectivity index (χ2n) is 8.62. The molecule has 8 heteroatoms. The fourth-order valence-electron chi connectivity index (χ4n) is 3.46. The van der Waals surface area contributed by atoms with Crippen LogP contribution in [-0.4, -0.2) is 32.0 Å². The Morgan fingerprint density at radius 3 is 2.50 bits per heavy atom. The van der Waals surface area contributed by atoms with E-state index >= 15 is 0 Å². The summed E-state index contributed by atoms with van der Waals surface area (Å²) in [5, 5.41) is 2.74. The fourth-order valence-corrected chi connectivity index (χ4v) is 4.95. The molecule has 32 heavy (non-hydrogen) atoms. The number of rotatable bonds is 4. The molecule has 0 saturated heterocycles. The van der Waals surface area contributed by atoms with Gasteiger partial charge in [0.1, 0.15) is 5.75 Å². The van der Waals surface area contributed by atoms with E-state index < -0.39 is 22.0 Å². The summed E-state index contributed by atoms with van der Waals surface area (Å²) in [5.41, 5.74) is 1.71. The highest BCUT2D eigenvalue weighted by atomic mass is 32.2. The van der Waals surface area contributed by atoms with Crippen molar-refractivity contribution in [1.29, 1.82) is 0 Å². The van der Waals surface area contributed by atoms with E-state index in [-0.39, 0.29) is 16.9 Å². The van der Waals surface area contributed by atoms with E-state index in [0.717, 1.165) is 5.56 Å². The number of nitrogens with zero attached hydrogens (tertiary/aromatic N) is 2. The zero-order valence-corrected chi connectivity index (χ0v) is 19.0. The van der Waals surface area contributed by atoms with Crippen molar-refractivity contribution in [2.45, 2.75) is 37.2 Å². The molecule has 2 aromatic carbocycles. The van der Waals surface area contributed by atoms with E-state index in [9.17, 15) is 13.2 Å². The highest BCUT2D eigenvalue weighted by molar-refractivity contribution is 7.92. The molecular formula is C24H25N3O4S. The van der Waals surface area contributed by atoms with Gasteiger partial charge in [0.25, 0.3) is 15.9 Å². The molecule has 0 spiro atoms. The Labute approximate surface area is 188 Å². The summed E-state index contributed by atoms with van der Waals surface area (Å²) in [7, 11) is -3.92. The van der Waals surface area contributed by atoms with Gasteiger partial charge < -0.3 is 10.1 Å². The number of carbonyl (C=O) groups is 1. The molecule has 1 aliphatic heterocycles. The number of hydrogen-bond acceptors (Lipinski definition) is 5. The van der Waals surface area contributed by atoms with Crippen molar-refractivity contribution in [3.05, 3.63) is 78.6 Å². The molecule has 4 rings (SSSR count). The average molecular weight is 452 g/mol. The first-order valence-electron chi connectivity index (χ1n) is 10.3. The van der Waals surface area contributed by atoms with Crippen molar-refractivity contribution in [3.8, 4) is 5.75 Å². The predicted molar refractivity (Wildman–Crippen MR) is 123 cm³/mol. The number of carbonyl (C=O) groups excluding carboxylic acids is 1. The second kappa shape index (κ2) is 8.27. The van der Waals surface area contributed by atoms with Crippen molar-refractivity contribution in [3.63, 3.8) is 0 Å². The van der Waals surface area contributed by atoms with Crippen molar-refractivity contribution in [2.75, 3.05) is 16.2 Å². The maximum atomic E-state index is 13.6. The van der Waals surface area contributed by atoms with Gasteiger partial charge in [0.2, 0.25) is 0 Å². The van der Waals surface area contributed by atoms with Crippen LogP contribution in [0.4, 0.5) is 11.4 Å². The lowest BCUT2D eigenvalue weighted by Gasteiger charge is -2.36. The van der Waals surface area contributed by atoms with Crippen molar-refractivity contribution in [2.24, 2.45) is 0 Å². The number of aromatic nitrogens is 1. The number of ether oxygens (including phenoxy) is 1. The van der Waals surface area contributed by atoms with Crippen molar-refractivity contribution in [1.82, 2.24) is 4.98 Å². The van der Waals surface area contributed by atoms with Crippen LogP contribution in [0, 0.1) is 0 Å². The molecule has 0 radical (unpaired) electrons. The monoisotopic (exact) mass is 451 g/mol. The third-order valence-electron chi connectivity index (χ3n) is 5.25. The lowest BCUT2D eigenvalue weighted by atomic mass is 9.86. The molecule has 1 aromatic heterocycles. The first-order valence-corrected chi connectivity index (χ1v) is 11.7. The summed E-state index contributed by atoms with van der Waals surface area (Å²) in [6.45, 7) is 6.01. The minimum absolute atomic E-state index is 0.149. The number of sulfonamides is 1. The van der Waals surface area contributed by atoms with E-state index in [1.165, 1.54) is 10.5 Å². The third kappa shape index (κ3) is 4.31. The molecule has 0 bridgehead atoms. The average Bonchev–Trinajstić information content (AvgIpc) is 2.78. The van der Waals surface area contributed by atoms with Crippen LogP contribution in [0.5, 0.6) is 5.75 Å². The highest BCUT2D eigenvalue weighted by Gasteiger charge is 2.38. The Bertz CT molecular complexity index is 1220. The van der Waals surface area contributed by atoms with E-state index in [0.29, 0.717) is 17.1 Å². The van der Waals surface area contributed by atoms with Crippen molar-refractivity contribution < 1.29 is 17.9 Å². The van der Waals surface area contributed by atoms with Gasteiger partial charge in [0.15, 0.2) is 6.10 Å². The summed E-state index contributed by atoms with van der Waals surface area (Å²) < 4.78 is 34.4. The first kappa shape index (κ1) is 21.8. The maximum Gasteiger partial charge on any atom is 0.267 e. The summed E-state index contributed by atoms with van der Waals surface area (Å²) in [4.78, 5) is 17.1. The smallest absolute Gasteiger partial charge is 0.267 e. The Balaban J connectivity index is 1.75. The Kier molecular flexibility index (Phi) is 5.64. The maximum absolute atomic E-state index is 13.6. The largest absolute Gasteiger partial charge is 0.476 e. The zero-order chi connectivity index (χ0) is 22.9. The number of anilines is 2. The Morgan fingerprint density at radius 2 is 1.84 bits per heavy atom.